The summed E-state index contributed by atoms with van der Waals surface area (Å²) in [4.78, 5) is 4.76. The lowest BCUT2D eigenvalue weighted by Crippen LogP contribution is -2.33. The number of nitrogens with zero attached hydrogens (tertiary/aromatic N) is 2. The molecule has 2 N–H and O–H groups in total. The van der Waals surface area contributed by atoms with Crippen molar-refractivity contribution in [1.29, 1.82) is 0 Å². The van der Waals surface area contributed by atoms with Gasteiger partial charge in [-0.3, -0.25) is 0 Å². The number of rotatable bonds is 4. The van der Waals surface area contributed by atoms with Crippen LogP contribution in [0.15, 0.2) is 18.2 Å². The Labute approximate surface area is 117 Å². The maximum atomic E-state index is 6.27. The highest BCUT2D eigenvalue weighted by Gasteiger charge is 2.18. The van der Waals surface area contributed by atoms with Crippen LogP contribution < -0.4 is 15.5 Å². The van der Waals surface area contributed by atoms with Crippen LogP contribution in [-0.2, 0) is 0 Å². The highest BCUT2D eigenvalue weighted by atomic mass is 15.1. The summed E-state index contributed by atoms with van der Waals surface area (Å²) >= 11 is 0. The van der Waals surface area contributed by atoms with Gasteiger partial charge in [-0.05, 0) is 50.8 Å². The molecule has 1 fully saturated rings. The van der Waals surface area contributed by atoms with Crippen molar-refractivity contribution in [3.63, 3.8) is 0 Å². The molecular weight excluding hydrogens is 234 g/mol. The minimum absolute atomic E-state index is 0.854. The third kappa shape index (κ3) is 3.14. The van der Waals surface area contributed by atoms with E-state index < -0.39 is 0 Å². The predicted octanol–water partition coefficient (Wildman–Crippen LogP) is 3.35. The number of benzene rings is 1. The molecule has 1 aliphatic rings. The van der Waals surface area contributed by atoms with Gasteiger partial charge in [0, 0.05) is 31.9 Å². The van der Waals surface area contributed by atoms with E-state index >= 15 is 0 Å². The molecule has 106 valence electrons. The number of nitrogens with two attached hydrogens (primary N) is 1. The topological polar surface area (TPSA) is 32.5 Å². The minimum atomic E-state index is 0.854. The maximum Gasteiger partial charge on any atom is 0.0601 e. The van der Waals surface area contributed by atoms with Crippen molar-refractivity contribution in [1.82, 2.24) is 0 Å². The largest absolute Gasteiger partial charge is 0.397 e. The van der Waals surface area contributed by atoms with Crippen molar-refractivity contribution in [3.05, 3.63) is 18.2 Å². The van der Waals surface area contributed by atoms with Crippen molar-refractivity contribution in [2.75, 3.05) is 41.7 Å². The number of hydrogen-bond acceptors (Lipinski definition) is 3. The zero-order chi connectivity index (χ0) is 13.8. The Bertz CT molecular complexity index is 404. The fourth-order valence-electron chi connectivity index (χ4n) is 2.86. The average molecular weight is 261 g/mol. The van der Waals surface area contributed by atoms with E-state index in [9.17, 15) is 0 Å². The molecule has 0 amide bonds. The van der Waals surface area contributed by atoms with E-state index in [1.807, 2.05) is 0 Å². The molecule has 1 aliphatic heterocycles. The van der Waals surface area contributed by atoms with Gasteiger partial charge in [-0.1, -0.05) is 6.92 Å². The third-order valence-corrected chi connectivity index (χ3v) is 4.26. The molecule has 0 unspecified atom stereocenters. The first-order valence-electron chi connectivity index (χ1n) is 7.55. The lowest BCUT2D eigenvalue weighted by Gasteiger charge is -2.33. The first kappa shape index (κ1) is 14.0. The minimum Gasteiger partial charge on any atom is -0.397 e. The van der Waals surface area contributed by atoms with Crippen LogP contribution in [0.25, 0.3) is 0 Å². The first-order valence-corrected chi connectivity index (χ1v) is 7.55. The molecule has 2 rings (SSSR count). The Kier molecular flexibility index (Phi) is 4.56. The highest BCUT2D eigenvalue weighted by molar-refractivity contribution is 5.73. The molecule has 0 radical (unpaired) electrons. The summed E-state index contributed by atoms with van der Waals surface area (Å²) in [6.07, 6.45) is 2.55. The van der Waals surface area contributed by atoms with Gasteiger partial charge in [0.2, 0.25) is 0 Å². The zero-order valence-corrected chi connectivity index (χ0v) is 12.5. The molecule has 1 saturated heterocycles. The van der Waals surface area contributed by atoms with E-state index in [1.54, 1.807) is 0 Å². The molecule has 19 heavy (non-hydrogen) atoms. The summed E-state index contributed by atoms with van der Waals surface area (Å²) in [6.45, 7) is 11.0. The monoisotopic (exact) mass is 261 g/mol. The molecule has 0 aromatic heterocycles. The van der Waals surface area contributed by atoms with Gasteiger partial charge in [-0.2, -0.15) is 0 Å². The van der Waals surface area contributed by atoms with Crippen LogP contribution in [0.2, 0.25) is 0 Å². The summed E-state index contributed by atoms with van der Waals surface area (Å²) in [7, 11) is 0. The smallest absolute Gasteiger partial charge is 0.0601 e. The molecule has 0 saturated carbocycles. The third-order valence-electron chi connectivity index (χ3n) is 4.26. The summed E-state index contributed by atoms with van der Waals surface area (Å²) < 4.78 is 0. The fraction of sp³-hybridized carbons (Fsp3) is 0.625. The molecule has 3 heteroatoms. The summed E-state index contributed by atoms with van der Waals surface area (Å²) in [5, 5.41) is 0. The SMILES string of the molecule is CCN(CC)c1ccc(N2CCC(C)CC2)c(N)c1. The van der Waals surface area contributed by atoms with Gasteiger partial charge in [0.25, 0.3) is 0 Å². The molecule has 1 aromatic rings. The number of hydrogen-bond donors (Lipinski definition) is 1. The van der Waals surface area contributed by atoms with Gasteiger partial charge in [-0.15, -0.1) is 0 Å². The lowest BCUT2D eigenvalue weighted by molar-refractivity contribution is 0.439. The Morgan fingerprint density at radius 1 is 1.21 bits per heavy atom. The lowest BCUT2D eigenvalue weighted by atomic mass is 9.98. The molecular formula is C16H27N3. The Morgan fingerprint density at radius 3 is 2.37 bits per heavy atom. The van der Waals surface area contributed by atoms with Gasteiger partial charge in [0.1, 0.15) is 0 Å². The van der Waals surface area contributed by atoms with Crippen LogP contribution in [0, 0.1) is 5.92 Å². The quantitative estimate of drug-likeness (QED) is 0.844. The average Bonchev–Trinajstić information content (AvgIpc) is 2.42. The number of piperidine rings is 1. The Morgan fingerprint density at radius 2 is 1.84 bits per heavy atom. The molecule has 0 spiro atoms. The zero-order valence-electron chi connectivity index (χ0n) is 12.5. The second-order valence-electron chi connectivity index (χ2n) is 5.58. The molecule has 0 aliphatic carbocycles. The highest BCUT2D eigenvalue weighted by Crippen LogP contribution is 2.31. The van der Waals surface area contributed by atoms with Crippen molar-refractivity contribution in [2.24, 2.45) is 5.92 Å². The van der Waals surface area contributed by atoms with Crippen molar-refractivity contribution >= 4 is 17.1 Å². The van der Waals surface area contributed by atoms with E-state index in [4.69, 9.17) is 5.73 Å². The van der Waals surface area contributed by atoms with Crippen LogP contribution in [0.4, 0.5) is 17.1 Å². The maximum absolute atomic E-state index is 6.27. The van der Waals surface area contributed by atoms with E-state index in [2.05, 4.69) is 48.8 Å². The molecule has 0 atom stereocenters. The van der Waals surface area contributed by atoms with Crippen LogP contribution >= 0.6 is 0 Å². The Balaban J connectivity index is 2.15. The van der Waals surface area contributed by atoms with E-state index in [-0.39, 0.29) is 0 Å². The van der Waals surface area contributed by atoms with Crippen LogP contribution in [-0.4, -0.2) is 26.2 Å². The Hall–Kier alpha value is -1.38. The normalized spacial score (nSPS) is 16.7. The summed E-state index contributed by atoms with van der Waals surface area (Å²) in [5.41, 5.74) is 9.63. The van der Waals surface area contributed by atoms with Gasteiger partial charge >= 0.3 is 0 Å². The molecule has 3 nitrogen and oxygen atoms in total. The fourth-order valence-corrected chi connectivity index (χ4v) is 2.86. The number of anilines is 3. The van der Waals surface area contributed by atoms with E-state index in [1.165, 1.54) is 24.2 Å². The van der Waals surface area contributed by atoms with Crippen molar-refractivity contribution < 1.29 is 0 Å². The van der Waals surface area contributed by atoms with E-state index in [0.29, 0.717) is 0 Å². The second-order valence-corrected chi connectivity index (χ2v) is 5.58. The van der Waals surface area contributed by atoms with Gasteiger partial charge in [0.05, 0.1) is 11.4 Å². The second kappa shape index (κ2) is 6.18. The van der Waals surface area contributed by atoms with Crippen molar-refractivity contribution in [2.45, 2.75) is 33.6 Å². The van der Waals surface area contributed by atoms with Crippen LogP contribution in [0.1, 0.15) is 33.6 Å². The molecule has 1 aromatic carbocycles. The summed E-state index contributed by atoms with van der Waals surface area (Å²) in [5.74, 6) is 0.854. The van der Waals surface area contributed by atoms with E-state index in [0.717, 1.165) is 37.8 Å². The van der Waals surface area contributed by atoms with Gasteiger partial charge < -0.3 is 15.5 Å². The number of nitrogen functional groups attached to an aromatic ring is 1. The van der Waals surface area contributed by atoms with Crippen LogP contribution in [0.3, 0.4) is 0 Å². The molecule has 0 bridgehead atoms. The van der Waals surface area contributed by atoms with Gasteiger partial charge in [0.15, 0.2) is 0 Å². The summed E-state index contributed by atoms with van der Waals surface area (Å²) in [6, 6.07) is 6.52. The van der Waals surface area contributed by atoms with Crippen molar-refractivity contribution in [3.8, 4) is 0 Å². The predicted molar refractivity (Wildman–Crippen MR) is 85.0 cm³/mol. The van der Waals surface area contributed by atoms with Crippen LogP contribution in [0.5, 0.6) is 0 Å². The first-order chi connectivity index (χ1) is 9.15. The standard InChI is InChI=1S/C16H27N3/c1-4-18(5-2)14-6-7-16(15(17)12-14)19-10-8-13(3)9-11-19/h6-7,12-13H,4-5,8-11,17H2,1-3H3. The van der Waals surface area contributed by atoms with Gasteiger partial charge in [-0.25, -0.2) is 0 Å². The molecule has 1 heterocycles.